The van der Waals surface area contributed by atoms with Crippen LogP contribution in [0.15, 0.2) is 47.3 Å². The molecule has 4 aromatic rings. The highest BCUT2D eigenvalue weighted by atomic mass is 16.5. The maximum atomic E-state index is 12.3. The lowest BCUT2D eigenvalue weighted by atomic mass is 9.96. The minimum atomic E-state index is -0.820. The molecule has 0 fully saturated rings. The molecule has 0 aliphatic heterocycles. The summed E-state index contributed by atoms with van der Waals surface area (Å²) in [5.74, 6) is -0.384. The Morgan fingerprint density at radius 3 is 2.74 bits per heavy atom. The molecule has 4 rings (SSSR count). The number of nitrogens with one attached hydrogen (secondary N) is 2. The Hall–Kier alpha value is -4.01. The Bertz CT molecular complexity index is 1310. The summed E-state index contributed by atoms with van der Waals surface area (Å²) >= 11 is 0. The normalized spacial score (nSPS) is 12.1. The van der Waals surface area contributed by atoms with Crippen molar-refractivity contribution in [2.24, 2.45) is 5.92 Å². The fraction of sp³-hybridized carbons (Fsp3) is 0.227. The van der Waals surface area contributed by atoms with Crippen LogP contribution in [0.1, 0.15) is 19.4 Å². The number of nitrogens with zero attached hydrogens (tertiary/aromatic N) is 3. The van der Waals surface area contributed by atoms with E-state index in [0.717, 1.165) is 16.7 Å². The van der Waals surface area contributed by atoms with Gasteiger partial charge in [0, 0.05) is 0 Å². The monoisotopic (exact) mass is 419 g/mol. The van der Waals surface area contributed by atoms with Gasteiger partial charge in [-0.25, -0.2) is 4.98 Å². The number of ether oxygens (including phenoxy) is 1. The van der Waals surface area contributed by atoms with E-state index in [1.54, 1.807) is 6.92 Å². The van der Waals surface area contributed by atoms with Gasteiger partial charge in [-0.1, -0.05) is 37.3 Å². The van der Waals surface area contributed by atoms with E-state index in [1.807, 2.05) is 49.4 Å². The lowest BCUT2D eigenvalue weighted by Crippen LogP contribution is -2.12. The lowest BCUT2D eigenvalue weighted by molar-refractivity contribution is -0.141. The summed E-state index contributed by atoms with van der Waals surface area (Å²) in [4.78, 5) is 30.5. The molecule has 0 aliphatic carbocycles. The van der Waals surface area contributed by atoms with E-state index in [0.29, 0.717) is 30.2 Å². The number of carbonyl (C=O) groups is 1. The van der Waals surface area contributed by atoms with Gasteiger partial charge in [0.1, 0.15) is 11.6 Å². The minimum absolute atomic E-state index is 0.144. The van der Waals surface area contributed by atoms with Crippen molar-refractivity contribution in [1.29, 1.82) is 0 Å². The van der Waals surface area contributed by atoms with Crippen LogP contribution in [0.4, 0.5) is 0 Å². The molecular weight excluding hydrogens is 398 g/mol. The van der Waals surface area contributed by atoms with Crippen molar-refractivity contribution in [2.75, 3.05) is 6.61 Å². The molecule has 9 nitrogen and oxygen atoms in total. The first-order chi connectivity index (χ1) is 15.0. The second kappa shape index (κ2) is 8.39. The average Bonchev–Trinajstić information content (AvgIpc) is 3.23. The zero-order valence-electron chi connectivity index (χ0n) is 17.0. The summed E-state index contributed by atoms with van der Waals surface area (Å²) in [5.41, 5.74) is 3.40. The molecule has 2 aromatic heterocycles. The van der Waals surface area contributed by atoms with Gasteiger partial charge in [-0.3, -0.25) is 9.59 Å². The number of benzene rings is 2. The highest BCUT2D eigenvalue weighted by Gasteiger charge is 2.15. The van der Waals surface area contributed by atoms with E-state index in [-0.39, 0.29) is 16.7 Å². The molecule has 9 heteroatoms. The van der Waals surface area contributed by atoms with Crippen molar-refractivity contribution in [3.8, 4) is 28.3 Å². The quantitative estimate of drug-likeness (QED) is 0.419. The SMILES string of the molecule is CCOc1cc(-c2cccc(CC(C)C(=O)O)c2)ccc1-c1nc2n[nH]nc2c(=O)[nH]1. The van der Waals surface area contributed by atoms with Gasteiger partial charge in [0.15, 0.2) is 5.52 Å². The number of fused-ring (bicyclic) bond motifs is 1. The average molecular weight is 419 g/mol. The van der Waals surface area contributed by atoms with Gasteiger partial charge in [-0.15, -0.1) is 10.2 Å². The molecule has 2 aromatic carbocycles. The predicted octanol–water partition coefficient (Wildman–Crippen LogP) is 3.04. The van der Waals surface area contributed by atoms with Gasteiger partial charge in [-0.2, -0.15) is 5.21 Å². The standard InChI is InChI=1S/C22H21N5O4/c1-3-31-17-11-15(14-6-4-5-13(10-14)9-12(2)22(29)30)7-8-16(17)19-23-20-18(21(28)24-19)25-27-26-20/h4-8,10-12H,3,9H2,1-2H3,(H,29,30)(H2,23,24,25,26,27,28). The molecule has 3 N–H and O–H groups in total. The maximum Gasteiger partial charge on any atom is 0.306 e. The molecule has 0 radical (unpaired) electrons. The summed E-state index contributed by atoms with van der Waals surface area (Å²) < 4.78 is 5.83. The Morgan fingerprint density at radius 2 is 1.97 bits per heavy atom. The number of aromatic amines is 2. The number of aromatic nitrogens is 5. The highest BCUT2D eigenvalue weighted by Crippen LogP contribution is 2.33. The van der Waals surface area contributed by atoms with Gasteiger partial charge >= 0.3 is 5.97 Å². The van der Waals surface area contributed by atoms with Crippen LogP contribution >= 0.6 is 0 Å². The van der Waals surface area contributed by atoms with E-state index in [2.05, 4.69) is 25.4 Å². The summed E-state index contributed by atoms with van der Waals surface area (Å²) in [6.45, 7) is 4.00. The van der Waals surface area contributed by atoms with Crippen LogP contribution in [-0.4, -0.2) is 43.1 Å². The Morgan fingerprint density at radius 1 is 1.16 bits per heavy atom. The highest BCUT2D eigenvalue weighted by molar-refractivity contribution is 5.77. The summed E-state index contributed by atoms with van der Waals surface area (Å²) in [7, 11) is 0. The van der Waals surface area contributed by atoms with Crippen molar-refractivity contribution < 1.29 is 14.6 Å². The van der Waals surface area contributed by atoms with Crippen molar-refractivity contribution in [3.05, 3.63) is 58.4 Å². The molecule has 0 saturated carbocycles. The zero-order chi connectivity index (χ0) is 22.0. The number of rotatable bonds is 7. The van der Waals surface area contributed by atoms with Gasteiger partial charge in [0.05, 0.1) is 18.1 Å². The van der Waals surface area contributed by atoms with Gasteiger partial charge in [-0.05, 0) is 42.2 Å². The minimum Gasteiger partial charge on any atom is -0.493 e. The molecule has 2 heterocycles. The first kappa shape index (κ1) is 20.3. The van der Waals surface area contributed by atoms with Gasteiger partial charge in [0.2, 0.25) is 5.65 Å². The predicted molar refractivity (Wildman–Crippen MR) is 115 cm³/mol. The largest absolute Gasteiger partial charge is 0.493 e. The Kier molecular flexibility index (Phi) is 5.48. The van der Waals surface area contributed by atoms with Crippen molar-refractivity contribution in [3.63, 3.8) is 0 Å². The Labute approximate surface area is 177 Å². The molecule has 0 spiro atoms. The summed E-state index contributed by atoms with van der Waals surface area (Å²) in [6, 6.07) is 13.4. The van der Waals surface area contributed by atoms with Crippen LogP contribution in [0.5, 0.6) is 5.75 Å². The van der Waals surface area contributed by atoms with Crippen LogP contribution in [-0.2, 0) is 11.2 Å². The van der Waals surface area contributed by atoms with Gasteiger partial charge in [0.25, 0.3) is 5.56 Å². The second-order valence-electron chi connectivity index (χ2n) is 7.20. The van der Waals surface area contributed by atoms with Crippen molar-refractivity contribution in [2.45, 2.75) is 20.3 Å². The number of carboxylic acid groups (broad SMARTS) is 1. The van der Waals surface area contributed by atoms with E-state index in [9.17, 15) is 14.7 Å². The fourth-order valence-electron chi connectivity index (χ4n) is 3.37. The van der Waals surface area contributed by atoms with E-state index < -0.39 is 11.9 Å². The second-order valence-corrected chi connectivity index (χ2v) is 7.20. The third-order valence-electron chi connectivity index (χ3n) is 4.95. The molecule has 0 saturated heterocycles. The van der Waals surface area contributed by atoms with E-state index in [4.69, 9.17) is 4.74 Å². The number of carboxylic acids is 1. The van der Waals surface area contributed by atoms with E-state index in [1.165, 1.54) is 0 Å². The van der Waals surface area contributed by atoms with Gasteiger partial charge < -0.3 is 14.8 Å². The lowest BCUT2D eigenvalue weighted by Gasteiger charge is -2.13. The number of H-pyrrole nitrogens is 2. The van der Waals surface area contributed by atoms with Crippen LogP contribution < -0.4 is 10.3 Å². The van der Waals surface area contributed by atoms with Crippen LogP contribution in [0.3, 0.4) is 0 Å². The molecule has 158 valence electrons. The molecule has 1 atom stereocenters. The topological polar surface area (TPSA) is 134 Å². The maximum absolute atomic E-state index is 12.3. The molecule has 0 amide bonds. The molecular formula is C22H21N5O4. The van der Waals surface area contributed by atoms with Crippen LogP contribution in [0.2, 0.25) is 0 Å². The smallest absolute Gasteiger partial charge is 0.306 e. The van der Waals surface area contributed by atoms with Crippen LogP contribution in [0, 0.1) is 5.92 Å². The summed E-state index contributed by atoms with van der Waals surface area (Å²) in [5, 5.41) is 19.3. The third-order valence-corrected chi connectivity index (χ3v) is 4.95. The molecule has 0 aliphatic rings. The Balaban J connectivity index is 1.74. The first-order valence-corrected chi connectivity index (χ1v) is 9.86. The third kappa shape index (κ3) is 4.16. The molecule has 0 bridgehead atoms. The van der Waals surface area contributed by atoms with Crippen molar-refractivity contribution >= 4 is 17.1 Å². The summed E-state index contributed by atoms with van der Waals surface area (Å²) in [6.07, 6.45) is 0.447. The number of hydrogen-bond donors (Lipinski definition) is 3. The van der Waals surface area contributed by atoms with E-state index >= 15 is 0 Å². The molecule has 1 unspecified atom stereocenters. The first-order valence-electron chi connectivity index (χ1n) is 9.86. The molecule has 31 heavy (non-hydrogen) atoms. The number of hydrogen-bond acceptors (Lipinski definition) is 6. The van der Waals surface area contributed by atoms with Crippen molar-refractivity contribution in [1.82, 2.24) is 25.4 Å². The zero-order valence-corrected chi connectivity index (χ0v) is 17.0. The number of aliphatic carboxylic acids is 1. The fourth-order valence-corrected chi connectivity index (χ4v) is 3.37. The van der Waals surface area contributed by atoms with Crippen LogP contribution in [0.25, 0.3) is 33.7 Å².